The fourth-order valence-electron chi connectivity index (χ4n) is 5.47. The third kappa shape index (κ3) is 6.65. The van der Waals surface area contributed by atoms with Crippen molar-refractivity contribution in [1.29, 1.82) is 0 Å². The van der Waals surface area contributed by atoms with Crippen LogP contribution in [0.5, 0.6) is 0 Å². The Hall–Kier alpha value is -3.37. The second-order valence-electron chi connectivity index (χ2n) is 10.8. The Kier molecular flexibility index (Phi) is 9.22. The highest BCUT2D eigenvalue weighted by Crippen LogP contribution is 2.45. The summed E-state index contributed by atoms with van der Waals surface area (Å²) < 4.78 is 44.0. The minimum atomic E-state index is -4.16. The molecule has 1 aliphatic rings. The molecule has 0 aliphatic carbocycles. The first kappa shape index (κ1) is 30.1. The number of hydrogen-bond acceptors (Lipinski definition) is 7. The molecule has 0 spiro atoms. The van der Waals surface area contributed by atoms with Gasteiger partial charge in [-0.25, -0.2) is 0 Å². The highest BCUT2D eigenvalue weighted by molar-refractivity contribution is 7.86. The van der Waals surface area contributed by atoms with Gasteiger partial charge in [0.25, 0.3) is 10.1 Å². The van der Waals surface area contributed by atoms with Crippen molar-refractivity contribution < 1.29 is 32.3 Å². The van der Waals surface area contributed by atoms with Gasteiger partial charge < -0.3 is 19.7 Å². The van der Waals surface area contributed by atoms with E-state index in [4.69, 9.17) is 13.7 Å². The van der Waals surface area contributed by atoms with E-state index in [1.54, 1.807) is 12.1 Å². The molecule has 0 bridgehead atoms. The zero-order valence-electron chi connectivity index (χ0n) is 23.5. The van der Waals surface area contributed by atoms with Crippen LogP contribution >= 0.6 is 0 Å². The van der Waals surface area contributed by atoms with Gasteiger partial charge in [0, 0.05) is 12.8 Å². The van der Waals surface area contributed by atoms with E-state index in [1.807, 2.05) is 97.9 Å². The van der Waals surface area contributed by atoms with Crippen LogP contribution in [-0.2, 0) is 43.2 Å². The van der Waals surface area contributed by atoms with E-state index in [1.165, 1.54) is 12.1 Å². The highest BCUT2D eigenvalue weighted by atomic mass is 32.2. The van der Waals surface area contributed by atoms with Gasteiger partial charge in [0.2, 0.25) is 0 Å². The molecule has 1 saturated heterocycles. The summed E-state index contributed by atoms with van der Waals surface area (Å²) in [5, 5.41) is 24.9. The summed E-state index contributed by atoms with van der Waals surface area (Å²) in [4.78, 5) is -0.0000113. The molecule has 0 saturated carbocycles. The van der Waals surface area contributed by atoms with Crippen molar-refractivity contribution in [3.05, 3.63) is 138 Å². The summed E-state index contributed by atoms with van der Waals surface area (Å²) in [6.07, 6.45) is -2.11. The molecule has 0 unspecified atom stereocenters. The quantitative estimate of drug-likeness (QED) is 0.233. The lowest BCUT2D eigenvalue weighted by Gasteiger charge is -2.41. The topological polar surface area (TPSA) is 102 Å². The van der Waals surface area contributed by atoms with Crippen molar-refractivity contribution in [1.82, 2.24) is 0 Å². The Morgan fingerprint density at radius 1 is 0.667 bits per heavy atom. The molecule has 1 aliphatic heterocycles. The summed E-state index contributed by atoms with van der Waals surface area (Å²) in [5.41, 5.74) is -0.360. The number of benzene rings is 4. The molecule has 220 valence electrons. The van der Waals surface area contributed by atoms with Crippen molar-refractivity contribution in [2.24, 2.45) is 0 Å². The average molecular weight is 589 g/mol. The maximum atomic E-state index is 13.1. The molecular formula is C34H36O7S. The molecule has 4 aromatic carbocycles. The Morgan fingerprint density at radius 3 is 1.62 bits per heavy atom. The van der Waals surface area contributed by atoms with Gasteiger partial charge in [0.1, 0.15) is 23.4 Å². The van der Waals surface area contributed by atoms with Crippen LogP contribution in [0.3, 0.4) is 0 Å². The predicted molar refractivity (Wildman–Crippen MR) is 159 cm³/mol. The highest BCUT2D eigenvalue weighted by Gasteiger charge is 2.65. The number of aryl methyl sites for hydroxylation is 1. The third-order valence-corrected chi connectivity index (χ3v) is 9.14. The van der Waals surface area contributed by atoms with Crippen LogP contribution in [0, 0.1) is 6.92 Å². The minimum absolute atomic E-state index is 0.0000113. The van der Waals surface area contributed by atoms with E-state index in [-0.39, 0.29) is 31.0 Å². The Bertz CT molecular complexity index is 1530. The molecule has 4 aromatic rings. The predicted octanol–water partition coefficient (Wildman–Crippen LogP) is 4.63. The number of hydrogen-bond donors (Lipinski definition) is 2. The lowest BCUT2D eigenvalue weighted by molar-refractivity contribution is -0.151. The van der Waals surface area contributed by atoms with Gasteiger partial charge in [0.15, 0.2) is 0 Å². The molecule has 4 atom stereocenters. The van der Waals surface area contributed by atoms with E-state index < -0.39 is 40.1 Å². The zero-order valence-corrected chi connectivity index (χ0v) is 24.3. The molecule has 0 aromatic heterocycles. The minimum Gasteiger partial charge on any atom is -0.384 e. The molecule has 5 rings (SSSR count). The van der Waals surface area contributed by atoms with Crippen LogP contribution in [0.4, 0.5) is 0 Å². The molecule has 7 nitrogen and oxygen atoms in total. The van der Waals surface area contributed by atoms with E-state index in [9.17, 15) is 18.6 Å². The Labute approximate surface area is 247 Å². The summed E-state index contributed by atoms with van der Waals surface area (Å²) in [7, 11) is -4.16. The third-order valence-electron chi connectivity index (χ3n) is 7.84. The fourth-order valence-corrected chi connectivity index (χ4v) is 6.37. The summed E-state index contributed by atoms with van der Waals surface area (Å²) in [6, 6.07) is 34.5. The van der Waals surface area contributed by atoms with Crippen molar-refractivity contribution in [2.75, 3.05) is 13.2 Å². The molecule has 1 heterocycles. The van der Waals surface area contributed by atoms with Gasteiger partial charge in [-0.15, -0.1) is 0 Å². The summed E-state index contributed by atoms with van der Waals surface area (Å²) in [5.74, 6) is 0. The lowest BCUT2D eigenvalue weighted by Crippen LogP contribution is -2.63. The lowest BCUT2D eigenvalue weighted by atomic mass is 9.71. The van der Waals surface area contributed by atoms with E-state index >= 15 is 0 Å². The molecule has 42 heavy (non-hydrogen) atoms. The van der Waals surface area contributed by atoms with Gasteiger partial charge >= 0.3 is 0 Å². The normalized spacial score (nSPS) is 24.1. The molecule has 8 heteroatoms. The second kappa shape index (κ2) is 12.9. The molecule has 2 N–H and O–H groups in total. The SMILES string of the molecule is Cc1ccc(S(=O)(=O)OC[C@@H]2O[C@H](COCc3ccccc3)[C@](O)(Cc3ccccc3)[C@@]2(O)Cc2ccccc2)cc1. The number of ether oxygens (including phenoxy) is 2. The number of aliphatic hydroxyl groups is 2. The smallest absolute Gasteiger partial charge is 0.297 e. The first-order valence-electron chi connectivity index (χ1n) is 14.0. The van der Waals surface area contributed by atoms with Gasteiger partial charge in [0.05, 0.1) is 24.7 Å². The second-order valence-corrected chi connectivity index (χ2v) is 12.5. The fraction of sp³-hybridized carbons (Fsp3) is 0.294. The van der Waals surface area contributed by atoms with E-state index in [0.29, 0.717) is 0 Å². The van der Waals surface area contributed by atoms with Gasteiger partial charge in [-0.2, -0.15) is 8.42 Å². The maximum absolute atomic E-state index is 13.1. The first-order valence-corrected chi connectivity index (χ1v) is 15.4. The van der Waals surface area contributed by atoms with Crippen LogP contribution in [0.2, 0.25) is 0 Å². The summed E-state index contributed by atoms with van der Waals surface area (Å²) in [6.45, 7) is 1.62. The molecule has 0 radical (unpaired) electrons. The van der Waals surface area contributed by atoms with Gasteiger partial charge in [-0.1, -0.05) is 109 Å². The van der Waals surface area contributed by atoms with Crippen molar-refractivity contribution in [2.45, 2.75) is 54.7 Å². The van der Waals surface area contributed by atoms with Crippen molar-refractivity contribution >= 4 is 10.1 Å². The zero-order chi connectivity index (χ0) is 29.6. The van der Waals surface area contributed by atoms with Crippen LogP contribution in [0.1, 0.15) is 22.3 Å². The standard InChI is InChI=1S/C34H36O7S/c1-26-17-19-30(20-18-26)42(37,38)40-25-32-34(36,22-28-13-7-3-8-14-28)33(35,21-27-11-5-2-6-12-27)31(41-32)24-39-23-29-15-9-4-10-16-29/h2-20,31-32,35-36H,21-25H2,1H3/t31-,32+,33-,34-/m1/s1. The van der Waals surface area contributed by atoms with Crippen LogP contribution in [0.15, 0.2) is 120 Å². The van der Waals surface area contributed by atoms with Crippen LogP contribution in [0.25, 0.3) is 0 Å². The molecule has 1 fully saturated rings. The number of rotatable bonds is 12. The van der Waals surface area contributed by atoms with Crippen LogP contribution < -0.4 is 0 Å². The average Bonchev–Trinajstić information content (AvgIpc) is 3.19. The Balaban J connectivity index is 1.47. The molecular weight excluding hydrogens is 552 g/mol. The molecule has 0 amide bonds. The van der Waals surface area contributed by atoms with Crippen molar-refractivity contribution in [3.63, 3.8) is 0 Å². The summed E-state index contributed by atoms with van der Waals surface area (Å²) >= 11 is 0. The van der Waals surface area contributed by atoms with E-state index in [2.05, 4.69) is 0 Å². The first-order chi connectivity index (χ1) is 20.2. The van der Waals surface area contributed by atoms with Gasteiger partial charge in [-0.3, -0.25) is 4.18 Å². The van der Waals surface area contributed by atoms with Crippen LogP contribution in [-0.4, -0.2) is 55.3 Å². The monoisotopic (exact) mass is 588 g/mol. The maximum Gasteiger partial charge on any atom is 0.297 e. The van der Waals surface area contributed by atoms with E-state index in [0.717, 1.165) is 22.3 Å². The van der Waals surface area contributed by atoms with Gasteiger partial charge in [-0.05, 0) is 35.7 Å². The van der Waals surface area contributed by atoms with Crippen molar-refractivity contribution in [3.8, 4) is 0 Å². The largest absolute Gasteiger partial charge is 0.384 e. The Morgan fingerprint density at radius 2 is 1.12 bits per heavy atom.